The predicted molar refractivity (Wildman–Crippen MR) is 148 cm³/mol. The third-order valence-corrected chi connectivity index (χ3v) is 6.85. The zero-order valence-corrected chi connectivity index (χ0v) is 23.2. The monoisotopic (exact) mass is 570 g/mol. The number of hydrogen-bond donors (Lipinski definition) is 1. The van der Waals surface area contributed by atoms with Gasteiger partial charge < -0.3 is 15.0 Å². The summed E-state index contributed by atoms with van der Waals surface area (Å²) in [6.07, 6.45) is 1.19. The molecule has 0 fully saturated rings. The third kappa shape index (κ3) is 8.10. The van der Waals surface area contributed by atoms with Crippen LogP contribution in [0.3, 0.4) is 0 Å². The molecule has 0 radical (unpaired) electrons. The van der Waals surface area contributed by atoms with Crippen molar-refractivity contribution in [3.63, 3.8) is 0 Å². The fourth-order valence-corrected chi connectivity index (χ4v) is 4.50. The number of aryl methyl sites for hydroxylation is 1. The van der Waals surface area contributed by atoms with E-state index in [-0.39, 0.29) is 31.0 Å². The standard InChI is InChI=1S/C29H32BrClN2O3/c1-4-21(3)32-29(35)26(16-22-8-6-5-7-9-22)33(18-23-12-10-20(2)11-13-23)28(34)19-36-27-15-14-24(31)17-25(27)30/h5-15,17,21,26H,4,16,18-19H2,1-3H3,(H,32,35). The molecule has 0 aliphatic carbocycles. The molecule has 0 saturated carbocycles. The summed E-state index contributed by atoms with van der Waals surface area (Å²) in [5, 5.41) is 3.63. The van der Waals surface area contributed by atoms with Crippen LogP contribution in [0.25, 0.3) is 0 Å². The second-order valence-electron chi connectivity index (χ2n) is 8.89. The average molecular weight is 572 g/mol. The van der Waals surface area contributed by atoms with Gasteiger partial charge in [0.1, 0.15) is 11.8 Å². The predicted octanol–water partition coefficient (Wildman–Crippen LogP) is 6.34. The Morgan fingerprint density at radius 3 is 2.36 bits per heavy atom. The molecule has 7 heteroatoms. The van der Waals surface area contributed by atoms with Crippen LogP contribution in [0, 0.1) is 6.92 Å². The molecular formula is C29H32BrClN2O3. The third-order valence-electron chi connectivity index (χ3n) is 5.99. The normalized spacial score (nSPS) is 12.5. The molecular weight excluding hydrogens is 540 g/mol. The number of carbonyl (C=O) groups is 2. The van der Waals surface area contributed by atoms with Crippen molar-refractivity contribution in [1.82, 2.24) is 10.2 Å². The zero-order chi connectivity index (χ0) is 26.1. The number of nitrogens with zero attached hydrogens (tertiary/aromatic N) is 1. The van der Waals surface area contributed by atoms with Crippen molar-refractivity contribution in [3.8, 4) is 5.75 Å². The summed E-state index contributed by atoms with van der Waals surface area (Å²) in [5.74, 6) is 0.0469. The van der Waals surface area contributed by atoms with Crippen LogP contribution in [0.15, 0.2) is 77.3 Å². The SMILES string of the molecule is CCC(C)NC(=O)C(Cc1ccccc1)N(Cc1ccc(C)cc1)C(=O)COc1ccc(Cl)cc1Br. The minimum Gasteiger partial charge on any atom is -0.483 e. The van der Waals surface area contributed by atoms with E-state index in [0.29, 0.717) is 21.7 Å². The van der Waals surface area contributed by atoms with Crippen LogP contribution in [0.4, 0.5) is 0 Å². The lowest BCUT2D eigenvalue weighted by Gasteiger charge is -2.32. The molecule has 3 aromatic carbocycles. The van der Waals surface area contributed by atoms with E-state index < -0.39 is 6.04 Å². The second-order valence-corrected chi connectivity index (χ2v) is 10.2. The maximum atomic E-state index is 13.6. The molecule has 2 unspecified atom stereocenters. The van der Waals surface area contributed by atoms with Crippen LogP contribution in [0.2, 0.25) is 5.02 Å². The summed E-state index contributed by atoms with van der Waals surface area (Å²) in [5.41, 5.74) is 3.05. The van der Waals surface area contributed by atoms with Gasteiger partial charge in [-0.25, -0.2) is 0 Å². The Morgan fingerprint density at radius 1 is 1.03 bits per heavy atom. The maximum absolute atomic E-state index is 13.6. The largest absolute Gasteiger partial charge is 0.483 e. The van der Waals surface area contributed by atoms with Crippen molar-refractivity contribution >= 4 is 39.3 Å². The van der Waals surface area contributed by atoms with Crippen LogP contribution in [-0.4, -0.2) is 35.4 Å². The fourth-order valence-electron chi connectivity index (χ4n) is 3.70. The quantitative estimate of drug-likeness (QED) is 0.292. The molecule has 1 N–H and O–H groups in total. The Kier molecular flexibility index (Phi) is 10.4. The highest BCUT2D eigenvalue weighted by molar-refractivity contribution is 9.10. The van der Waals surface area contributed by atoms with Crippen LogP contribution < -0.4 is 10.1 Å². The molecule has 0 saturated heterocycles. The zero-order valence-electron chi connectivity index (χ0n) is 20.8. The molecule has 3 rings (SSSR count). The highest BCUT2D eigenvalue weighted by atomic mass is 79.9. The molecule has 0 aliphatic rings. The van der Waals surface area contributed by atoms with Crippen LogP contribution in [0.5, 0.6) is 5.75 Å². The lowest BCUT2D eigenvalue weighted by Crippen LogP contribution is -2.53. The van der Waals surface area contributed by atoms with Crippen molar-refractivity contribution in [2.45, 2.75) is 52.2 Å². The van der Waals surface area contributed by atoms with Gasteiger partial charge in [0.2, 0.25) is 5.91 Å². The van der Waals surface area contributed by atoms with E-state index in [1.807, 2.05) is 75.4 Å². The van der Waals surface area contributed by atoms with Crippen molar-refractivity contribution in [2.24, 2.45) is 0 Å². The first-order chi connectivity index (χ1) is 17.3. The summed E-state index contributed by atoms with van der Waals surface area (Å²) in [6.45, 7) is 6.07. The summed E-state index contributed by atoms with van der Waals surface area (Å²) < 4.78 is 6.50. The van der Waals surface area contributed by atoms with E-state index in [0.717, 1.165) is 23.1 Å². The van der Waals surface area contributed by atoms with Crippen LogP contribution in [-0.2, 0) is 22.6 Å². The number of benzene rings is 3. The van der Waals surface area contributed by atoms with Crippen LogP contribution in [0.1, 0.15) is 37.0 Å². The number of ether oxygens (including phenoxy) is 1. The molecule has 190 valence electrons. The van der Waals surface area contributed by atoms with E-state index >= 15 is 0 Å². The smallest absolute Gasteiger partial charge is 0.261 e. The van der Waals surface area contributed by atoms with Crippen molar-refractivity contribution in [2.75, 3.05) is 6.61 Å². The van der Waals surface area contributed by atoms with E-state index in [1.165, 1.54) is 0 Å². The minimum atomic E-state index is -0.701. The fraction of sp³-hybridized carbons (Fsp3) is 0.310. The molecule has 0 aromatic heterocycles. The van der Waals surface area contributed by atoms with Gasteiger partial charge in [0.25, 0.3) is 5.91 Å². The first-order valence-corrected chi connectivity index (χ1v) is 13.2. The molecule has 3 aromatic rings. The summed E-state index contributed by atoms with van der Waals surface area (Å²) >= 11 is 9.46. The van der Waals surface area contributed by atoms with E-state index in [2.05, 4.69) is 21.2 Å². The lowest BCUT2D eigenvalue weighted by molar-refractivity contribution is -0.143. The number of rotatable bonds is 11. The van der Waals surface area contributed by atoms with Gasteiger partial charge in [0, 0.05) is 24.0 Å². The molecule has 5 nitrogen and oxygen atoms in total. The minimum absolute atomic E-state index is 0.00614. The van der Waals surface area contributed by atoms with E-state index in [1.54, 1.807) is 23.1 Å². The summed E-state index contributed by atoms with van der Waals surface area (Å²) in [6, 6.07) is 22.1. The molecule has 0 spiro atoms. The highest BCUT2D eigenvalue weighted by Crippen LogP contribution is 2.28. The summed E-state index contributed by atoms with van der Waals surface area (Å²) in [4.78, 5) is 28.8. The van der Waals surface area contributed by atoms with Crippen molar-refractivity contribution < 1.29 is 14.3 Å². The number of nitrogens with one attached hydrogen (secondary N) is 1. The van der Waals surface area contributed by atoms with Crippen molar-refractivity contribution in [1.29, 1.82) is 0 Å². The number of amides is 2. The van der Waals surface area contributed by atoms with E-state index in [9.17, 15) is 9.59 Å². The number of carbonyl (C=O) groups excluding carboxylic acids is 2. The lowest BCUT2D eigenvalue weighted by atomic mass is 10.0. The van der Waals surface area contributed by atoms with Crippen molar-refractivity contribution in [3.05, 3.63) is 99.0 Å². The molecule has 0 aliphatic heterocycles. The van der Waals surface area contributed by atoms with Gasteiger partial charge in [-0.15, -0.1) is 0 Å². The number of halogens is 2. The Labute approximate surface area is 226 Å². The average Bonchev–Trinajstić information content (AvgIpc) is 2.87. The Balaban J connectivity index is 1.91. The molecule has 2 amide bonds. The topological polar surface area (TPSA) is 58.6 Å². The van der Waals surface area contributed by atoms with Gasteiger partial charge in [-0.3, -0.25) is 9.59 Å². The highest BCUT2D eigenvalue weighted by Gasteiger charge is 2.31. The van der Waals surface area contributed by atoms with Gasteiger partial charge in [-0.1, -0.05) is 78.7 Å². The molecule has 0 heterocycles. The van der Waals surface area contributed by atoms with Gasteiger partial charge >= 0.3 is 0 Å². The summed E-state index contributed by atoms with van der Waals surface area (Å²) in [7, 11) is 0. The maximum Gasteiger partial charge on any atom is 0.261 e. The van der Waals surface area contributed by atoms with Gasteiger partial charge in [-0.05, 0) is 65.5 Å². The van der Waals surface area contributed by atoms with Gasteiger partial charge in [0.15, 0.2) is 6.61 Å². The molecule has 0 bridgehead atoms. The first-order valence-electron chi connectivity index (χ1n) is 12.0. The Morgan fingerprint density at radius 2 is 1.72 bits per heavy atom. The molecule has 2 atom stereocenters. The second kappa shape index (κ2) is 13.5. The first kappa shape index (κ1) is 27.8. The van der Waals surface area contributed by atoms with Gasteiger partial charge in [-0.2, -0.15) is 0 Å². The van der Waals surface area contributed by atoms with E-state index in [4.69, 9.17) is 16.3 Å². The van der Waals surface area contributed by atoms with Gasteiger partial charge in [0.05, 0.1) is 4.47 Å². The van der Waals surface area contributed by atoms with Crippen LogP contribution >= 0.6 is 27.5 Å². The molecule has 36 heavy (non-hydrogen) atoms. The number of hydrogen-bond acceptors (Lipinski definition) is 3. The Hall–Kier alpha value is -2.83. The Bertz CT molecular complexity index is 1150.